The number of amides is 1. The zero-order valence-corrected chi connectivity index (χ0v) is 16.9. The van der Waals surface area contributed by atoms with E-state index in [0.29, 0.717) is 43.1 Å². The van der Waals surface area contributed by atoms with Crippen LogP contribution in [-0.2, 0) is 4.79 Å². The summed E-state index contributed by atoms with van der Waals surface area (Å²) in [5, 5.41) is 0. The molecule has 1 heterocycles. The number of nitrogens with zero attached hydrogens (tertiary/aromatic N) is 3. The fourth-order valence-electron chi connectivity index (χ4n) is 3.20. The van der Waals surface area contributed by atoms with Crippen molar-refractivity contribution in [3.63, 3.8) is 0 Å². The van der Waals surface area contributed by atoms with Gasteiger partial charge in [0.15, 0.2) is 5.78 Å². The van der Waals surface area contributed by atoms with E-state index in [0.717, 1.165) is 0 Å². The van der Waals surface area contributed by atoms with Crippen LogP contribution >= 0.6 is 0 Å². The van der Waals surface area contributed by atoms with Gasteiger partial charge in [0.25, 0.3) is 5.91 Å². The molecule has 0 unspecified atom stereocenters. The lowest BCUT2D eigenvalue weighted by Gasteiger charge is -2.34. The molecule has 1 fully saturated rings. The predicted molar refractivity (Wildman–Crippen MR) is 115 cm³/mol. The van der Waals surface area contributed by atoms with Crippen LogP contribution in [0.4, 0.5) is 10.1 Å². The summed E-state index contributed by atoms with van der Waals surface area (Å²) >= 11 is 0. The Hall–Kier alpha value is -3.32. The number of piperazine rings is 1. The molecular formula is C23H25FN4O2. The topological polar surface area (TPSA) is 79.0 Å². The van der Waals surface area contributed by atoms with Gasteiger partial charge in [-0.2, -0.15) is 0 Å². The number of carbonyl (C=O) groups is 2. The van der Waals surface area contributed by atoms with Crippen molar-refractivity contribution >= 4 is 23.1 Å². The molecule has 1 aliphatic rings. The molecule has 30 heavy (non-hydrogen) atoms. The van der Waals surface area contributed by atoms with Crippen molar-refractivity contribution in [3.05, 3.63) is 77.8 Å². The summed E-state index contributed by atoms with van der Waals surface area (Å²) in [5.74, 6) is -0.621. The fourth-order valence-corrected chi connectivity index (χ4v) is 3.20. The molecule has 1 aliphatic heterocycles. The highest BCUT2D eigenvalue weighted by Gasteiger charge is 2.25. The van der Waals surface area contributed by atoms with E-state index < -0.39 is 0 Å². The smallest absolute Gasteiger partial charge is 0.272 e. The molecule has 6 nitrogen and oxygen atoms in total. The Morgan fingerprint density at radius 2 is 1.67 bits per heavy atom. The largest absolute Gasteiger partial charge is 0.402 e. The second kappa shape index (κ2) is 9.93. The van der Waals surface area contributed by atoms with Gasteiger partial charge < -0.3 is 10.6 Å². The summed E-state index contributed by atoms with van der Waals surface area (Å²) in [7, 11) is 0. The van der Waals surface area contributed by atoms with Gasteiger partial charge in [-0.1, -0.05) is 18.2 Å². The first-order valence-electron chi connectivity index (χ1n) is 9.80. The van der Waals surface area contributed by atoms with Gasteiger partial charge in [0.2, 0.25) is 0 Å². The predicted octanol–water partition coefficient (Wildman–Crippen LogP) is 2.79. The molecule has 2 aromatic rings. The molecule has 156 valence electrons. The summed E-state index contributed by atoms with van der Waals surface area (Å²) < 4.78 is 13.0. The lowest BCUT2D eigenvalue weighted by atomic mass is 10.1. The molecule has 2 N–H and O–H groups in total. The highest BCUT2D eigenvalue weighted by Crippen LogP contribution is 2.13. The molecule has 2 aromatic carbocycles. The van der Waals surface area contributed by atoms with Gasteiger partial charge in [0, 0.05) is 37.4 Å². The number of benzene rings is 2. The number of para-hydroxylation sites is 1. The van der Waals surface area contributed by atoms with Crippen LogP contribution in [-0.4, -0.2) is 59.9 Å². The minimum absolute atomic E-state index is 0.0669. The van der Waals surface area contributed by atoms with Crippen molar-refractivity contribution < 1.29 is 14.0 Å². The minimum atomic E-state index is -0.367. The number of ketones is 1. The third-order valence-corrected chi connectivity index (χ3v) is 4.78. The van der Waals surface area contributed by atoms with Gasteiger partial charge in [-0.3, -0.25) is 14.5 Å². The summed E-state index contributed by atoms with van der Waals surface area (Å²) in [5.41, 5.74) is 7.75. The first-order valence-corrected chi connectivity index (χ1v) is 9.80. The molecule has 1 saturated heterocycles. The van der Waals surface area contributed by atoms with Crippen molar-refractivity contribution in [2.24, 2.45) is 10.7 Å². The van der Waals surface area contributed by atoms with Crippen LogP contribution in [0.5, 0.6) is 0 Å². The van der Waals surface area contributed by atoms with E-state index in [1.165, 1.54) is 24.3 Å². The first-order chi connectivity index (χ1) is 14.4. The number of allylic oxidation sites excluding steroid dienone is 1. The number of Topliss-reactive ketones (excluding diaryl/α,β-unsaturated/α-hetero) is 1. The maximum absolute atomic E-state index is 13.0. The number of hydrogen-bond acceptors (Lipinski definition) is 5. The van der Waals surface area contributed by atoms with Crippen LogP contribution in [0.3, 0.4) is 0 Å². The van der Waals surface area contributed by atoms with Crippen LogP contribution < -0.4 is 5.73 Å². The maximum Gasteiger partial charge on any atom is 0.272 e. The number of halogens is 1. The van der Waals surface area contributed by atoms with Crippen molar-refractivity contribution in [3.8, 4) is 0 Å². The molecular weight excluding hydrogens is 383 g/mol. The Bertz CT molecular complexity index is 943. The molecule has 3 rings (SSSR count). The third-order valence-electron chi connectivity index (χ3n) is 4.78. The van der Waals surface area contributed by atoms with E-state index >= 15 is 0 Å². The van der Waals surface area contributed by atoms with Crippen LogP contribution in [0, 0.1) is 5.82 Å². The van der Waals surface area contributed by atoms with Crippen molar-refractivity contribution in [1.29, 1.82) is 0 Å². The van der Waals surface area contributed by atoms with Gasteiger partial charge in [-0.25, -0.2) is 9.38 Å². The average Bonchev–Trinajstić information content (AvgIpc) is 2.74. The first kappa shape index (κ1) is 21.4. The van der Waals surface area contributed by atoms with Gasteiger partial charge in [-0.15, -0.1) is 0 Å². The Morgan fingerprint density at radius 3 is 2.27 bits per heavy atom. The van der Waals surface area contributed by atoms with E-state index in [9.17, 15) is 14.0 Å². The normalized spacial score (nSPS) is 15.9. The molecule has 0 atom stereocenters. The summed E-state index contributed by atoms with van der Waals surface area (Å²) in [6, 6.07) is 14.8. The van der Waals surface area contributed by atoms with Gasteiger partial charge in [-0.05, 0) is 49.4 Å². The minimum Gasteiger partial charge on any atom is -0.402 e. The van der Waals surface area contributed by atoms with E-state index in [4.69, 9.17) is 5.73 Å². The Balaban J connectivity index is 1.62. The van der Waals surface area contributed by atoms with Crippen molar-refractivity contribution in [1.82, 2.24) is 9.80 Å². The fraction of sp³-hybridized carbons (Fsp3) is 0.261. The highest BCUT2D eigenvalue weighted by molar-refractivity contribution is 6.43. The lowest BCUT2D eigenvalue weighted by Crippen LogP contribution is -2.51. The molecule has 0 radical (unpaired) electrons. The molecule has 0 aliphatic carbocycles. The lowest BCUT2D eigenvalue weighted by molar-refractivity contribution is -0.125. The second-order valence-corrected chi connectivity index (χ2v) is 7.22. The zero-order valence-electron chi connectivity index (χ0n) is 16.9. The van der Waals surface area contributed by atoms with Gasteiger partial charge in [0.1, 0.15) is 11.5 Å². The SMILES string of the molecule is CC(N)=CC(=Nc1ccccc1)C(=O)N1CCN(CC(=O)c2ccc(F)cc2)CC1. The van der Waals surface area contributed by atoms with E-state index in [1.54, 1.807) is 17.9 Å². The summed E-state index contributed by atoms with van der Waals surface area (Å²) in [6.45, 7) is 4.07. The Morgan fingerprint density at radius 1 is 1.03 bits per heavy atom. The number of carbonyl (C=O) groups excluding carboxylic acids is 2. The molecule has 7 heteroatoms. The van der Waals surface area contributed by atoms with Crippen LogP contribution in [0.15, 0.2) is 71.4 Å². The Kier molecular flexibility index (Phi) is 7.08. The zero-order chi connectivity index (χ0) is 21.5. The molecule has 0 aromatic heterocycles. The quantitative estimate of drug-likeness (QED) is 0.589. The molecule has 1 amide bonds. The number of rotatable bonds is 6. The van der Waals surface area contributed by atoms with E-state index in [-0.39, 0.29) is 29.8 Å². The Labute approximate surface area is 175 Å². The standard InChI is InChI=1S/C23H25FN4O2/c1-17(25)15-21(26-20-5-3-2-4-6-20)23(30)28-13-11-27(12-14-28)16-22(29)18-7-9-19(24)10-8-18/h2-10,15H,11-14,16,25H2,1H3. The van der Waals surface area contributed by atoms with E-state index in [1.807, 2.05) is 35.2 Å². The van der Waals surface area contributed by atoms with Crippen molar-refractivity contribution in [2.45, 2.75) is 6.92 Å². The van der Waals surface area contributed by atoms with E-state index in [2.05, 4.69) is 4.99 Å². The molecule has 0 spiro atoms. The molecule has 0 saturated carbocycles. The summed E-state index contributed by atoms with van der Waals surface area (Å²) in [6.07, 6.45) is 1.58. The van der Waals surface area contributed by atoms with Gasteiger partial charge in [0.05, 0.1) is 12.2 Å². The van der Waals surface area contributed by atoms with Crippen LogP contribution in [0.2, 0.25) is 0 Å². The maximum atomic E-state index is 13.0. The van der Waals surface area contributed by atoms with Gasteiger partial charge >= 0.3 is 0 Å². The summed E-state index contributed by atoms with van der Waals surface area (Å²) in [4.78, 5) is 33.6. The monoisotopic (exact) mass is 408 g/mol. The number of aliphatic imine (C=N–C) groups is 1. The number of nitrogens with two attached hydrogens (primary N) is 1. The average molecular weight is 408 g/mol. The second-order valence-electron chi connectivity index (χ2n) is 7.22. The highest BCUT2D eigenvalue weighted by atomic mass is 19.1. The van der Waals surface area contributed by atoms with Crippen LogP contribution in [0.1, 0.15) is 17.3 Å². The van der Waals surface area contributed by atoms with Crippen molar-refractivity contribution in [2.75, 3.05) is 32.7 Å². The molecule has 0 bridgehead atoms. The van der Waals surface area contributed by atoms with Crippen LogP contribution in [0.25, 0.3) is 0 Å². The number of hydrogen-bond donors (Lipinski definition) is 1. The third kappa shape index (κ3) is 5.84.